The van der Waals surface area contributed by atoms with Crippen LogP contribution in [0, 0.1) is 6.92 Å². The van der Waals surface area contributed by atoms with Crippen molar-refractivity contribution in [2.45, 2.75) is 13.8 Å². The standard InChI is InChI=1S/C11H12BrNO2/c1-7-3-4-10(13-8(2)14)9(5-7)11(15)6-12/h3-5H,6H2,1-2H3,(H,13,14). The zero-order chi connectivity index (χ0) is 11.4. The van der Waals surface area contributed by atoms with Crippen molar-refractivity contribution < 1.29 is 9.59 Å². The van der Waals surface area contributed by atoms with Crippen molar-refractivity contribution >= 4 is 33.3 Å². The van der Waals surface area contributed by atoms with Crippen molar-refractivity contribution in [3.63, 3.8) is 0 Å². The molecule has 0 aliphatic heterocycles. The molecule has 0 heterocycles. The maximum Gasteiger partial charge on any atom is 0.221 e. The van der Waals surface area contributed by atoms with Gasteiger partial charge in [0, 0.05) is 12.5 Å². The minimum absolute atomic E-state index is 0.0394. The van der Waals surface area contributed by atoms with Crippen molar-refractivity contribution in [2.75, 3.05) is 10.6 Å². The normalized spacial score (nSPS) is 9.80. The summed E-state index contributed by atoms with van der Waals surface area (Å²) in [4.78, 5) is 22.5. The summed E-state index contributed by atoms with van der Waals surface area (Å²) in [7, 11) is 0. The first-order valence-electron chi connectivity index (χ1n) is 4.52. The number of hydrogen-bond acceptors (Lipinski definition) is 2. The highest BCUT2D eigenvalue weighted by Crippen LogP contribution is 2.18. The van der Waals surface area contributed by atoms with Gasteiger partial charge in [-0.2, -0.15) is 0 Å². The van der Waals surface area contributed by atoms with E-state index < -0.39 is 0 Å². The molecule has 1 aromatic carbocycles. The zero-order valence-electron chi connectivity index (χ0n) is 8.63. The van der Waals surface area contributed by atoms with E-state index in [0.29, 0.717) is 11.3 Å². The molecule has 0 aliphatic carbocycles. The van der Waals surface area contributed by atoms with Crippen molar-refractivity contribution in [3.8, 4) is 0 Å². The third-order valence-corrected chi connectivity index (χ3v) is 2.42. The molecule has 0 unspecified atom stereocenters. The van der Waals surface area contributed by atoms with Crippen LogP contribution in [-0.4, -0.2) is 17.0 Å². The second kappa shape index (κ2) is 5.07. The van der Waals surface area contributed by atoms with Gasteiger partial charge in [-0.3, -0.25) is 9.59 Å². The van der Waals surface area contributed by atoms with Crippen LogP contribution in [0.15, 0.2) is 18.2 Å². The summed E-state index contributed by atoms with van der Waals surface area (Å²) in [6.45, 7) is 3.32. The van der Waals surface area contributed by atoms with Gasteiger partial charge in [0.1, 0.15) is 0 Å². The number of aryl methyl sites for hydroxylation is 1. The molecule has 0 bridgehead atoms. The molecule has 0 saturated carbocycles. The van der Waals surface area contributed by atoms with E-state index in [0.717, 1.165) is 5.56 Å². The number of carbonyl (C=O) groups excluding carboxylic acids is 2. The van der Waals surface area contributed by atoms with Crippen LogP contribution in [0.1, 0.15) is 22.8 Å². The fraction of sp³-hybridized carbons (Fsp3) is 0.273. The Morgan fingerprint density at radius 2 is 2.07 bits per heavy atom. The van der Waals surface area contributed by atoms with Crippen LogP contribution in [0.4, 0.5) is 5.69 Å². The molecule has 0 aliphatic rings. The second-order valence-corrected chi connectivity index (χ2v) is 3.85. The van der Waals surface area contributed by atoms with Gasteiger partial charge in [0.2, 0.25) is 5.91 Å². The number of benzene rings is 1. The molecule has 3 nitrogen and oxygen atoms in total. The molecule has 1 rings (SSSR count). The number of Topliss-reactive ketones (excluding diaryl/α,β-unsaturated/α-hetero) is 1. The highest BCUT2D eigenvalue weighted by atomic mass is 79.9. The van der Waals surface area contributed by atoms with Gasteiger partial charge >= 0.3 is 0 Å². The van der Waals surface area contributed by atoms with Gasteiger partial charge in [-0.15, -0.1) is 0 Å². The lowest BCUT2D eigenvalue weighted by molar-refractivity contribution is -0.114. The van der Waals surface area contributed by atoms with Gasteiger partial charge in [0.25, 0.3) is 0 Å². The van der Waals surface area contributed by atoms with Gasteiger partial charge in [-0.25, -0.2) is 0 Å². The molecule has 0 spiro atoms. The first kappa shape index (κ1) is 11.9. The number of nitrogens with one attached hydrogen (secondary N) is 1. The Labute approximate surface area is 97.0 Å². The molecular formula is C11H12BrNO2. The number of hydrogen-bond donors (Lipinski definition) is 1. The number of alkyl halides is 1. The number of carbonyl (C=O) groups is 2. The molecule has 0 atom stereocenters. The van der Waals surface area contributed by atoms with Crippen molar-refractivity contribution in [1.29, 1.82) is 0 Å². The summed E-state index contributed by atoms with van der Waals surface area (Å²) in [6.07, 6.45) is 0. The van der Waals surface area contributed by atoms with E-state index in [2.05, 4.69) is 21.2 Å². The van der Waals surface area contributed by atoms with Crippen LogP contribution in [0.5, 0.6) is 0 Å². The number of anilines is 1. The molecule has 4 heteroatoms. The van der Waals surface area contributed by atoms with Crippen molar-refractivity contribution in [3.05, 3.63) is 29.3 Å². The first-order chi connectivity index (χ1) is 7.04. The topological polar surface area (TPSA) is 46.2 Å². The summed E-state index contributed by atoms with van der Waals surface area (Å²) >= 11 is 3.11. The molecule has 0 aromatic heterocycles. The Bertz CT molecular complexity index is 402. The summed E-state index contributed by atoms with van der Waals surface area (Å²) in [5.74, 6) is -0.218. The van der Waals surface area contributed by atoms with E-state index in [9.17, 15) is 9.59 Å². The number of rotatable bonds is 3. The quantitative estimate of drug-likeness (QED) is 0.677. The zero-order valence-corrected chi connectivity index (χ0v) is 10.2. The van der Waals surface area contributed by atoms with Crippen LogP contribution >= 0.6 is 15.9 Å². The Kier molecular flexibility index (Phi) is 4.03. The fourth-order valence-corrected chi connectivity index (χ4v) is 1.56. The van der Waals surface area contributed by atoms with E-state index in [1.807, 2.05) is 13.0 Å². The van der Waals surface area contributed by atoms with Crippen LogP contribution < -0.4 is 5.32 Å². The average molecular weight is 270 g/mol. The lowest BCUT2D eigenvalue weighted by Gasteiger charge is -2.08. The van der Waals surface area contributed by atoms with Crippen LogP contribution in [0.25, 0.3) is 0 Å². The van der Waals surface area contributed by atoms with Gasteiger partial charge in [0.15, 0.2) is 5.78 Å². The molecule has 80 valence electrons. The first-order valence-corrected chi connectivity index (χ1v) is 5.64. The summed E-state index contributed by atoms with van der Waals surface area (Å²) in [5.41, 5.74) is 2.10. The van der Waals surface area contributed by atoms with E-state index in [1.54, 1.807) is 12.1 Å². The molecular weight excluding hydrogens is 258 g/mol. The highest BCUT2D eigenvalue weighted by molar-refractivity contribution is 9.09. The van der Waals surface area contributed by atoms with Crippen LogP contribution in [0.2, 0.25) is 0 Å². The van der Waals surface area contributed by atoms with Crippen LogP contribution in [0.3, 0.4) is 0 Å². The maximum absolute atomic E-state index is 11.6. The number of halogens is 1. The fourth-order valence-electron chi connectivity index (χ4n) is 1.26. The lowest BCUT2D eigenvalue weighted by atomic mass is 10.1. The minimum atomic E-state index is -0.178. The smallest absolute Gasteiger partial charge is 0.221 e. The van der Waals surface area contributed by atoms with E-state index in [4.69, 9.17) is 0 Å². The van der Waals surface area contributed by atoms with Crippen LogP contribution in [-0.2, 0) is 4.79 Å². The molecule has 1 aromatic rings. The van der Waals surface area contributed by atoms with Crippen molar-refractivity contribution in [2.24, 2.45) is 0 Å². The number of ketones is 1. The van der Waals surface area contributed by atoms with Gasteiger partial charge in [-0.1, -0.05) is 27.6 Å². The summed E-state index contributed by atoms with van der Waals surface area (Å²) in [6, 6.07) is 5.37. The molecule has 1 N–H and O–H groups in total. The van der Waals surface area contributed by atoms with Gasteiger partial charge in [0.05, 0.1) is 11.0 Å². The Balaban J connectivity index is 3.14. The lowest BCUT2D eigenvalue weighted by Crippen LogP contribution is -2.11. The van der Waals surface area contributed by atoms with E-state index >= 15 is 0 Å². The Hall–Kier alpha value is -1.16. The summed E-state index contributed by atoms with van der Waals surface area (Å²) < 4.78 is 0. The van der Waals surface area contributed by atoms with Gasteiger partial charge in [-0.05, 0) is 19.1 Å². The molecule has 15 heavy (non-hydrogen) atoms. The largest absolute Gasteiger partial charge is 0.326 e. The second-order valence-electron chi connectivity index (χ2n) is 3.29. The van der Waals surface area contributed by atoms with E-state index in [1.165, 1.54) is 6.92 Å². The summed E-state index contributed by atoms with van der Waals surface area (Å²) in [5, 5.41) is 2.89. The highest BCUT2D eigenvalue weighted by Gasteiger charge is 2.11. The average Bonchev–Trinajstić information content (AvgIpc) is 2.19. The minimum Gasteiger partial charge on any atom is -0.326 e. The number of amides is 1. The van der Waals surface area contributed by atoms with E-state index in [-0.39, 0.29) is 17.0 Å². The Morgan fingerprint density at radius 1 is 1.40 bits per heavy atom. The molecule has 0 saturated heterocycles. The molecule has 1 amide bonds. The third kappa shape index (κ3) is 3.16. The predicted octanol–water partition coefficient (Wildman–Crippen LogP) is 2.53. The monoisotopic (exact) mass is 269 g/mol. The predicted molar refractivity (Wildman–Crippen MR) is 63.6 cm³/mol. The van der Waals surface area contributed by atoms with Crippen molar-refractivity contribution in [1.82, 2.24) is 0 Å². The Morgan fingerprint density at radius 3 is 2.60 bits per heavy atom. The molecule has 0 radical (unpaired) electrons. The SMILES string of the molecule is CC(=O)Nc1ccc(C)cc1C(=O)CBr. The maximum atomic E-state index is 11.6. The van der Waals surface area contributed by atoms with Gasteiger partial charge < -0.3 is 5.32 Å². The molecule has 0 fully saturated rings. The third-order valence-electron chi connectivity index (χ3n) is 1.91.